The van der Waals surface area contributed by atoms with E-state index in [9.17, 15) is 0 Å². The Balaban J connectivity index is 1.33. The lowest BCUT2D eigenvalue weighted by Crippen LogP contribution is -2.59. The van der Waals surface area contributed by atoms with Crippen molar-refractivity contribution in [3.8, 4) is 0 Å². The zero-order valence-corrected chi connectivity index (χ0v) is 14.4. The first-order chi connectivity index (χ1) is 12.2. The Kier molecular flexibility index (Phi) is 3.13. The molecule has 5 rings (SSSR count). The van der Waals surface area contributed by atoms with Gasteiger partial charge in [0.1, 0.15) is 18.0 Å². The molecule has 0 bridgehead atoms. The van der Waals surface area contributed by atoms with Gasteiger partial charge in [-0.2, -0.15) is 4.52 Å². The van der Waals surface area contributed by atoms with Crippen molar-refractivity contribution in [2.24, 2.45) is 0 Å². The summed E-state index contributed by atoms with van der Waals surface area (Å²) in [5.41, 5.74) is 1.82. The highest BCUT2D eigenvalue weighted by Gasteiger charge is 2.33. The number of anilines is 2. The standard InChI is InChI=1S/C17H20N8/c1-11-7-16(19-10-18-11)23(2)13-8-24(9-13)15-6-5-14-20-21-17(12-3-4-12)25(14)22-15/h5-7,10,12-13H,3-4,8-9H2,1-2H3. The summed E-state index contributed by atoms with van der Waals surface area (Å²) in [4.78, 5) is 13.0. The summed E-state index contributed by atoms with van der Waals surface area (Å²) in [5, 5.41) is 13.3. The number of fused-ring (bicyclic) bond motifs is 1. The largest absolute Gasteiger partial charge is 0.353 e. The van der Waals surface area contributed by atoms with E-state index < -0.39 is 0 Å². The average Bonchev–Trinajstić information content (AvgIpc) is 3.33. The molecular formula is C17H20N8. The minimum absolute atomic E-state index is 0.426. The van der Waals surface area contributed by atoms with Crippen LogP contribution in [0.5, 0.6) is 0 Å². The van der Waals surface area contributed by atoms with Crippen LogP contribution < -0.4 is 9.80 Å². The Morgan fingerprint density at radius 2 is 1.96 bits per heavy atom. The fraction of sp³-hybridized carbons (Fsp3) is 0.471. The molecule has 0 N–H and O–H groups in total. The maximum Gasteiger partial charge on any atom is 0.178 e. The predicted molar refractivity (Wildman–Crippen MR) is 93.9 cm³/mol. The lowest BCUT2D eigenvalue weighted by molar-refractivity contribution is 0.486. The SMILES string of the molecule is Cc1cc(N(C)C2CN(c3ccc4nnc(C5CC5)n4n3)C2)ncn1. The van der Waals surface area contributed by atoms with Crippen LogP contribution in [0.2, 0.25) is 0 Å². The lowest BCUT2D eigenvalue weighted by Gasteiger charge is -2.44. The summed E-state index contributed by atoms with van der Waals surface area (Å²) in [7, 11) is 2.09. The molecule has 3 aromatic rings. The lowest BCUT2D eigenvalue weighted by atomic mass is 10.1. The van der Waals surface area contributed by atoms with Crippen molar-refractivity contribution in [3.05, 3.63) is 36.0 Å². The van der Waals surface area contributed by atoms with Gasteiger partial charge in [-0.25, -0.2) is 9.97 Å². The van der Waals surface area contributed by atoms with E-state index >= 15 is 0 Å². The topological polar surface area (TPSA) is 75.3 Å². The molecule has 1 saturated carbocycles. The third-order valence-corrected chi connectivity index (χ3v) is 5.10. The summed E-state index contributed by atoms with van der Waals surface area (Å²) < 4.78 is 1.91. The normalized spacial score (nSPS) is 17.8. The number of likely N-dealkylation sites (N-methyl/N-ethyl adjacent to an activating group) is 1. The van der Waals surface area contributed by atoms with E-state index in [1.54, 1.807) is 6.33 Å². The Hall–Kier alpha value is -2.77. The van der Waals surface area contributed by atoms with Gasteiger partial charge in [0.2, 0.25) is 0 Å². The fourth-order valence-electron chi connectivity index (χ4n) is 3.27. The van der Waals surface area contributed by atoms with Crippen LogP contribution in [-0.4, -0.2) is 56.0 Å². The third-order valence-electron chi connectivity index (χ3n) is 5.10. The molecule has 0 aromatic carbocycles. The van der Waals surface area contributed by atoms with E-state index in [0.29, 0.717) is 12.0 Å². The summed E-state index contributed by atoms with van der Waals surface area (Å²) in [6.07, 6.45) is 4.02. The molecule has 1 saturated heterocycles. The maximum atomic E-state index is 4.77. The van der Waals surface area contributed by atoms with Crippen LogP contribution in [0, 0.1) is 6.92 Å². The van der Waals surface area contributed by atoms with E-state index in [4.69, 9.17) is 5.10 Å². The summed E-state index contributed by atoms with van der Waals surface area (Å²) in [6, 6.07) is 6.49. The highest BCUT2D eigenvalue weighted by atomic mass is 15.4. The molecule has 4 heterocycles. The van der Waals surface area contributed by atoms with E-state index in [1.165, 1.54) is 12.8 Å². The average molecular weight is 336 g/mol. The van der Waals surface area contributed by atoms with Crippen LogP contribution in [0.25, 0.3) is 5.65 Å². The van der Waals surface area contributed by atoms with Gasteiger partial charge >= 0.3 is 0 Å². The highest BCUT2D eigenvalue weighted by Crippen LogP contribution is 2.38. The molecular weight excluding hydrogens is 316 g/mol. The van der Waals surface area contributed by atoms with Gasteiger partial charge in [0, 0.05) is 37.8 Å². The molecule has 0 spiro atoms. The number of hydrogen-bond donors (Lipinski definition) is 0. The van der Waals surface area contributed by atoms with Crippen LogP contribution in [0.1, 0.15) is 30.3 Å². The molecule has 2 fully saturated rings. The van der Waals surface area contributed by atoms with Gasteiger partial charge in [0.15, 0.2) is 11.5 Å². The fourth-order valence-corrected chi connectivity index (χ4v) is 3.27. The van der Waals surface area contributed by atoms with E-state index in [1.807, 2.05) is 29.6 Å². The monoisotopic (exact) mass is 336 g/mol. The Bertz CT molecular complexity index is 925. The van der Waals surface area contributed by atoms with Crippen molar-refractivity contribution in [3.63, 3.8) is 0 Å². The molecule has 128 valence electrons. The molecule has 0 atom stereocenters. The second-order valence-electron chi connectivity index (χ2n) is 6.98. The van der Waals surface area contributed by atoms with Crippen molar-refractivity contribution >= 4 is 17.3 Å². The molecule has 1 aliphatic carbocycles. The van der Waals surface area contributed by atoms with E-state index in [-0.39, 0.29) is 0 Å². The summed E-state index contributed by atoms with van der Waals surface area (Å²) in [5.74, 6) is 3.49. The molecule has 3 aromatic heterocycles. The van der Waals surface area contributed by atoms with Gasteiger partial charge in [-0.05, 0) is 31.9 Å². The van der Waals surface area contributed by atoms with E-state index in [0.717, 1.165) is 41.9 Å². The minimum Gasteiger partial charge on any atom is -0.353 e. The highest BCUT2D eigenvalue weighted by molar-refractivity contribution is 5.51. The smallest absolute Gasteiger partial charge is 0.178 e. The first-order valence-corrected chi connectivity index (χ1v) is 8.68. The number of nitrogens with zero attached hydrogens (tertiary/aromatic N) is 8. The van der Waals surface area contributed by atoms with Gasteiger partial charge in [-0.1, -0.05) is 0 Å². The van der Waals surface area contributed by atoms with Crippen molar-refractivity contribution in [1.29, 1.82) is 0 Å². The zero-order chi connectivity index (χ0) is 17.0. The molecule has 0 radical (unpaired) electrons. The van der Waals surface area contributed by atoms with Gasteiger partial charge in [0.25, 0.3) is 0 Å². The number of rotatable bonds is 4. The number of aromatic nitrogens is 6. The number of hydrogen-bond acceptors (Lipinski definition) is 7. The van der Waals surface area contributed by atoms with Crippen molar-refractivity contribution in [1.82, 2.24) is 29.8 Å². The van der Waals surface area contributed by atoms with Crippen LogP contribution >= 0.6 is 0 Å². The predicted octanol–water partition coefficient (Wildman–Crippen LogP) is 1.43. The summed E-state index contributed by atoms with van der Waals surface area (Å²) in [6.45, 7) is 3.85. The molecule has 0 unspecified atom stereocenters. The second-order valence-corrected chi connectivity index (χ2v) is 6.98. The van der Waals surface area contributed by atoms with Crippen LogP contribution in [-0.2, 0) is 0 Å². The molecule has 8 heteroatoms. The quantitative estimate of drug-likeness (QED) is 0.713. The van der Waals surface area contributed by atoms with Crippen LogP contribution in [0.15, 0.2) is 24.5 Å². The van der Waals surface area contributed by atoms with Crippen molar-refractivity contribution in [2.45, 2.75) is 31.7 Å². The molecule has 2 aliphatic rings. The third kappa shape index (κ3) is 2.48. The molecule has 25 heavy (non-hydrogen) atoms. The van der Waals surface area contributed by atoms with Crippen LogP contribution in [0.4, 0.5) is 11.6 Å². The first-order valence-electron chi connectivity index (χ1n) is 8.68. The Morgan fingerprint density at radius 1 is 1.12 bits per heavy atom. The van der Waals surface area contributed by atoms with E-state index in [2.05, 4.69) is 37.0 Å². The molecule has 8 nitrogen and oxygen atoms in total. The molecule has 0 amide bonds. The maximum absolute atomic E-state index is 4.77. The molecule has 1 aliphatic heterocycles. The van der Waals surface area contributed by atoms with Gasteiger partial charge < -0.3 is 9.80 Å². The minimum atomic E-state index is 0.426. The van der Waals surface area contributed by atoms with Gasteiger partial charge in [0.05, 0.1) is 6.04 Å². The first kappa shape index (κ1) is 14.6. The Morgan fingerprint density at radius 3 is 2.72 bits per heavy atom. The Labute approximate surface area is 145 Å². The van der Waals surface area contributed by atoms with Gasteiger partial charge in [-0.3, -0.25) is 0 Å². The van der Waals surface area contributed by atoms with Crippen molar-refractivity contribution < 1.29 is 0 Å². The van der Waals surface area contributed by atoms with Crippen molar-refractivity contribution in [2.75, 3.05) is 29.9 Å². The zero-order valence-electron chi connectivity index (χ0n) is 14.4. The van der Waals surface area contributed by atoms with Gasteiger partial charge in [-0.15, -0.1) is 15.3 Å². The second kappa shape index (κ2) is 5.37. The summed E-state index contributed by atoms with van der Waals surface area (Å²) >= 11 is 0. The van der Waals surface area contributed by atoms with Crippen LogP contribution in [0.3, 0.4) is 0 Å². The number of aryl methyl sites for hydroxylation is 1.